The number of hydrogen-bond acceptors (Lipinski definition) is 4. The molecule has 8 heteroatoms. The number of nitrogens with one attached hydrogen (secondary N) is 1. The second kappa shape index (κ2) is 7.98. The zero-order chi connectivity index (χ0) is 22.1. The fourth-order valence-corrected chi connectivity index (χ4v) is 3.56. The molecule has 0 unspecified atom stereocenters. The van der Waals surface area contributed by atoms with Crippen LogP contribution < -0.4 is 21.2 Å². The molecule has 0 aliphatic carbocycles. The molecule has 0 fully saturated rings. The Morgan fingerprint density at radius 2 is 1.77 bits per heavy atom. The standard InChI is InChI=1S/C23H22N4O4/c1-15-21(23(30)27(25(15)2)17-7-5-4-6-8-17)24-20(28)14-26-12-11-16-13-18(31-3)9-10-19(16)22(26)29/h4-13H,14H2,1-3H3,(H,24,28). The van der Waals surface area contributed by atoms with E-state index in [1.54, 1.807) is 56.2 Å². The van der Waals surface area contributed by atoms with Gasteiger partial charge in [0, 0.05) is 18.6 Å². The predicted molar refractivity (Wildman–Crippen MR) is 119 cm³/mol. The van der Waals surface area contributed by atoms with Crippen LogP contribution in [0.3, 0.4) is 0 Å². The summed E-state index contributed by atoms with van der Waals surface area (Å²) in [6.07, 6.45) is 1.56. The monoisotopic (exact) mass is 418 g/mol. The van der Waals surface area contributed by atoms with Crippen molar-refractivity contribution in [3.05, 3.63) is 87.2 Å². The van der Waals surface area contributed by atoms with Crippen LogP contribution in [-0.2, 0) is 18.4 Å². The molecule has 2 aromatic carbocycles. The lowest BCUT2D eigenvalue weighted by Crippen LogP contribution is -2.29. The minimum absolute atomic E-state index is 0.190. The van der Waals surface area contributed by atoms with Gasteiger partial charge in [0.2, 0.25) is 5.91 Å². The molecule has 2 aromatic heterocycles. The maximum absolute atomic E-state index is 12.9. The Balaban J connectivity index is 1.62. The van der Waals surface area contributed by atoms with Crippen LogP contribution in [0.4, 0.5) is 5.69 Å². The first-order chi connectivity index (χ1) is 14.9. The SMILES string of the molecule is COc1ccc2c(=O)n(CC(=O)Nc3c(C)n(C)n(-c4ccccc4)c3=O)ccc2c1. The number of fused-ring (bicyclic) bond motifs is 1. The van der Waals surface area contributed by atoms with E-state index in [0.717, 1.165) is 5.39 Å². The summed E-state index contributed by atoms with van der Waals surface area (Å²) in [6.45, 7) is 1.55. The summed E-state index contributed by atoms with van der Waals surface area (Å²) in [7, 11) is 3.31. The molecule has 0 atom stereocenters. The Hall–Kier alpha value is -4.07. The molecule has 0 spiro atoms. The van der Waals surface area contributed by atoms with Gasteiger partial charge in [-0.3, -0.25) is 19.1 Å². The minimum Gasteiger partial charge on any atom is -0.497 e. The number of pyridine rings is 1. The third kappa shape index (κ3) is 3.63. The number of nitrogens with zero attached hydrogens (tertiary/aromatic N) is 3. The van der Waals surface area contributed by atoms with Crippen LogP contribution in [0.25, 0.3) is 16.5 Å². The van der Waals surface area contributed by atoms with Gasteiger partial charge in [-0.25, -0.2) is 4.68 Å². The first-order valence-electron chi connectivity index (χ1n) is 9.72. The van der Waals surface area contributed by atoms with Gasteiger partial charge in [0.05, 0.1) is 18.5 Å². The van der Waals surface area contributed by atoms with Crippen molar-refractivity contribution in [2.24, 2.45) is 7.05 Å². The Morgan fingerprint density at radius 3 is 2.48 bits per heavy atom. The molecule has 0 aliphatic heterocycles. The molecule has 1 amide bonds. The van der Waals surface area contributed by atoms with Crippen molar-refractivity contribution >= 4 is 22.4 Å². The van der Waals surface area contributed by atoms with E-state index in [-0.39, 0.29) is 23.4 Å². The highest BCUT2D eigenvalue weighted by atomic mass is 16.5. The van der Waals surface area contributed by atoms with Crippen molar-refractivity contribution in [3.8, 4) is 11.4 Å². The lowest BCUT2D eigenvalue weighted by Gasteiger charge is -2.09. The maximum Gasteiger partial charge on any atom is 0.295 e. The number of ether oxygens (including phenoxy) is 1. The first-order valence-corrected chi connectivity index (χ1v) is 9.72. The van der Waals surface area contributed by atoms with E-state index in [2.05, 4.69) is 5.32 Å². The predicted octanol–water partition coefficient (Wildman–Crippen LogP) is 2.45. The molecule has 31 heavy (non-hydrogen) atoms. The van der Waals surface area contributed by atoms with Gasteiger partial charge in [0.1, 0.15) is 18.0 Å². The number of aromatic nitrogens is 3. The van der Waals surface area contributed by atoms with E-state index in [0.29, 0.717) is 22.5 Å². The molecular weight excluding hydrogens is 396 g/mol. The largest absolute Gasteiger partial charge is 0.497 e. The van der Waals surface area contributed by atoms with Gasteiger partial charge in [-0.05, 0) is 48.7 Å². The Kier molecular flexibility index (Phi) is 5.21. The molecule has 2 heterocycles. The molecule has 0 saturated heterocycles. The molecule has 0 radical (unpaired) electrons. The number of rotatable bonds is 5. The summed E-state index contributed by atoms with van der Waals surface area (Å²) in [5, 5.41) is 3.89. The number of carbonyl (C=O) groups is 1. The highest BCUT2D eigenvalue weighted by Gasteiger charge is 2.18. The highest BCUT2D eigenvalue weighted by molar-refractivity contribution is 5.91. The fraction of sp³-hybridized carbons (Fsp3) is 0.174. The van der Waals surface area contributed by atoms with Gasteiger partial charge in [-0.1, -0.05) is 18.2 Å². The Morgan fingerprint density at radius 1 is 1.03 bits per heavy atom. The smallest absolute Gasteiger partial charge is 0.295 e. The van der Waals surface area contributed by atoms with E-state index in [4.69, 9.17) is 4.74 Å². The number of amides is 1. The number of methoxy groups -OCH3 is 1. The van der Waals surface area contributed by atoms with Crippen molar-refractivity contribution < 1.29 is 9.53 Å². The third-order valence-corrected chi connectivity index (χ3v) is 5.32. The van der Waals surface area contributed by atoms with E-state index < -0.39 is 5.91 Å². The van der Waals surface area contributed by atoms with E-state index >= 15 is 0 Å². The van der Waals surface area contributed by atoms with Gasteiger partial charge in [-0.15, -0.1) is 0 Å². The van der Waals surface area contributed by atoms with Crippen molar-refractivity contribution in [1.29, 1.82) is 0 Å². The van der Waals surface area contributed by atoms with Crippen LogP contribution in [0.2, 0.25) is 0 Å². The second-order valence-corrected chi connectivity index (χ2v) is 7.19. The summed E-state index contributed by atoms with van der Waals surface area (Å²) in [6, 6.07) is 16.1. The Bertz CT molecular complexity index is 1400. The number of hydrogen-bond donors (Lipinski definition) is 1. The summed E-state index contributed by atoms with van der Waals surface area (Å²) < 4.78 is 9.67. The molecule has 4 rings (SSSR count). The lowest BCUT2D eigenvalue weighted by molar-refractivity contribution is -0.116. The number of carbonyl (C=O) groups excluding carboxylic acids is 1. The van der Waals surface area contributed by atoms with Gasteiger partial charge in [-0.2, -0.15) is 0 Å². The quantitative estimate of drug-likeness (QED) is 0.539. The van der Waals surface area contributed by atoms with Crippen LogP contribution in [0, 0.1) is 6.92 Å². The number of para-hydroxylation sites is 1. The Labute approximate surface area is 177 Å². The fourth-order valence-electron chi connectivity index (χ4n) is 3.56. The molecule has 4 aromatic rings. The molecule has 158 valence electrons. The van der Waals surface area contributed by atoms with Crippen molar-refractivity contribution in [1.82, 2.24) is 13.9 Å². The zero-order valence-corrected chi connectivity index (χ0v) is 17.5. The van der Waals surface area contributed by atoms with E-state index in [1.165, 1.54) is 9.25 Å². The van der Waals surface area contributed by atoms with Crippen molar-refractivity contribution in [3.63, 3.8) is 0 Å². The van der Waals surface area contributed by atoms with Crippen molar-refractivity contribution in [2.45, 2.75) is 13.5 Å². The maximum atomic E-state index is 12.9. The van der Waals surface area contributed by atoms with Crippen molar-refractivity contribution in [2.75, 3.05) is 12.4 Å². The van der Waals surface area contributed by atoms with Crippen LogP contribution >= 0.6 is 0 Å². The van der Waals surface area contributed by atoms with Gasteiger partial charge in [0.25, 0.3) is 11.1 Å². The number of anilines is 1. The summed E-state index contributed by atoms with van der Waals surface area (Å²) >= 11 is 0. The third-order valence-electron chi connectivity index (χ3n) is 5.32. The molecule has 0 aliphatic rings. The van der Waals surface area contributed by atoms with Gasteiger partial charge < -0.3 is 14.6 Å². The summed E-state index contributed by atoms with van der Waals surface area (Å²) in [4.78, 5) is 38.4. The zero-order valence-electron chi connectivity index (χ0n) is 17.5. The summed E-state index contributed by atoms with van der Waals surface area (Å²) in [5.74, 6) is 0.192. The average molecular weight is 418 g/mol. The molecule has 0 saturated carbocycles. The second-order valence-electron chi connectivity index (χ2n) is 7.19. The van der Waals surface area contributed by atoms with Crippen LogP contribution in [-0.4, -0.2) is 26.9 Å². The minimum atomic E-state index is -0.457. The lowest BCUT2D eigenvalue weighted by atomic mass is 10.1. The van der Waals surface area contributed by atoms with Gasteiger partial charge in [0.15, 0.2) is 0 Å². The number of benzene rings is 2. The van der Waals surface area contributed by atoms with Crippen LogP contribution in [0.15, 0.2) is 70.4 Å². The average Bonchev–Trinajstić information content (AvgIpc) is 2.99. The van der Waals surface area contributed by atoms with E-state index in [9.17, 15) is 14.4 Å². The summed E-state index contributed by atoms with van der Waals surface area (Å²) in [5.41, 5.74) is 0.870. The van der Waals surface area contributed by atoms with E-state index in [1.807, 2.05) is 30.3 Å². The van der Waals surface area contributed by atoms with Crippen LogP contribution in [0.5, 0.6) is 5.75 Å². The van der Waals surface area contributed by atoms with Crippen LogP contribution in [0.1, 0.15) is 5.69 Å². The highest BCUT2D eigenvalue weighted by Crippen LogP contribution is 2.18. The molecule has 8 nitrogen and oxygen atoms in total. The van der Waals surface area contributed by atoms with Gasteiger partial charge >= 0.3 is 0 Å². The first kappa shape index (κ1) is 20.2. The molecular formula is C23H22N4O4. The molecule has 1 N–H and O–H groups in total. The topological polar surface area (TPSA) is 87.3 Å². The molecule has 0 bridgehead atoms. The normalized spacial score (nSPS) is 10.9.